The van der Waals surface area contributed by atoms with Crippen LogP contribution in [0.5, 0.6) is 0 Å². The summed E-state index contributed by atoms with van der Waals surface area (Å²) in [5.74, 6) is 0. The maximum Gasteiger partial charge on any atom is 0.0541 e. The molecule has 0 aliphatic rings. The van der Waals surface area contributed by atoms with E-state index in [4.69, 9.17) is 0 Å². The van der Waals surface area contributed by atoms with Gasteiger partial charge in [-0.25, -0.2) is 0 Å². The molecule has 1 nitrogen and oxygen atoms in total. The molecule has 0 atom stereocenters. The van der Waals surface area contributed by atoms with Crippen molar-refractivity contribution in [1.29, 1.82) is 0 Å². The minimum atomic E-state index is 1.19. The monoisotopic (exact) mass is 369 g/mol. The summed E-state index contributed by atoms with van der Waals surface area (Å²) in [7, 11) is 0. The number of hydrogen-bond acceptors (Lipinski definition) is 0. The van der Waals surface area contributed by atoms with Crippen LogP contribution in [0.15, 0.2) is 60.7 Å². The van der Waals surface area contributed by atoms with E-state index >= 15 is 0 Å². The average Bonchev–Trinajstić information content (AvgIpc) is 3.01. The van der Waals surface area contributed by atoms with Gasteiger partial charge in [0.15, 0.2) is 0 Å². The first kappa shape index (κ1) is 18.8. The summed E-state index contributed by atoms with van der Waals surface area (Å²) in [5, 5.41) is 2.69. The number of nitrogens with zero attached hydrogens (tertiary/aromatic N) is 1. The van der Waals surface area contributed by atoms with Crippen molar-refractivity contribution in [3.8, 4) is 5.69 Å². The van der Waals surface area contributed by atoms with Crippen LogP contribution in [0.3, 0.4) is 0 Å². The van der Waals surface area contributed by atoms with Crippen LogP contribution in [0.25, 0.3) is 27.5 Å². The Morgan fingerprint density at radius 3 is 1.79 bits per heavy atom. The zero-order chi connectivity index (χ0) is 19.5. The first-order valence-corrected chi connectivity index (χ1v) is 10.8. The van der Waals surface area contributed by atoms with E-state index in [1.807, 2.05) is 0 Å². The Labute approximate surface area is 169 Å². The second-order valence-electron chi connectivity index (χ2n) is 8.21. The van der Waals surface area contributed by atoms with Crippen LogP contribution in [0, 0.1) is 13.8 Å². The molecule has 0 saturated heterocycles. The standard InChI is InChI=1S/C27H31N/c1-4-5-6-7-8-9-22-12-14-23(15-13-22)28-26-16-10-20(2)18-24(26)25-19-21(3)11-17-27(25)28/h10-19H,4-9H2,1-3H3. The SMILES string of the molecule is CCCCCCCc1ccc(-n2c3ccc(C)cc3c3cc(C)ccc32)cc1. The molecule has 0 saturated carbocycles. The summed E-state index contributed by atoms with van der Waals surface area (Å²) >= 11 is 0. The average molecular weight is 370 g/mol. The van der Waals surface area contributed by atoms with Gasteiger partial charge in [0.1, 0.15) is 0 Å². The first-order valence-electron chi connectivity index (χ1n) is 10.8. The minimum Gasteiger partial charge on any atom is -0.309 e. The zero-order valence-corrected chi connectivity index (χ0v) is 17.5. The Morgan fingerprint density at radius 2 is 1.21 bits per heavy atom. The number of aryl methyl sites for hydroxylation is 3. The lowest BCUT2D eigenvalue weighted by molar-refractivity contribution is 0.632. The zero-order valence-electron chi connectivity index (χ0n) is 17.5. The smallest absolute Gasteiger partial charge is 0.0541 e. The molecule has 144 valence electrons. The quantitative estimate of drug-likeness (QED) is 0.292. The van der Waals surface area contributed by atoms with Gasteiger partial charge in [0, 0.05) is 16.5 Å². The van der Waals surface area contributed by atoms with Gasteiger partial charge in [-0.2, -0.15) is 0 Å². The van der Waals surface area contributed by atoms with Crippen LogP contribution in [0.4, 0.5) is 0 Å². The van der Waals surface area contributed by atoms with Gasteiger partial charge in [0.2, 0.25) is 0 Å². The summed E-state index contributed by atoms with van der Waals surface area (Å²) in [6.45, 7) is 6.62. The molecule has 4 rings (SSSR count). The molecular formula is C27H31N. The first-order chi connectivity index (χ1) is 13.7. The van der Waals surface area contributed by atoms with Crippen LogP contribution in [0.2, 0.25) is 0 Å². The van der Waals surface area contributed by atoms with E-state index in [2.05, 4.69) is 86.0 Å². The molecule has 28 heavy (non-hydrogen) atoms. The third-order valence-corrected chi connectivity index (χ3v) is 5.84. The molecule has 0 amide bonds. The van der Waals surface area contributed by atoms with Gasteiger partial charge in [0.25, 0.3) is 0 Å². The summed E-state index contributed by atoms with van der Waals surface area (Å²) in [6.07, 6.45) is 7.89. The molecule has 3 aromatic carbocycles. The molecule has 1 aromatic heterocycles. The van der Waals surface area contributed by atoms with E-state index in [1.165, 1.54) is 82.7 Å². The highest BCUT2D eigenvalue weighted by Crippen LogP contribution is 2.33. The number of benzene rings is 3. The fourth-order valence-corrected chi connectivity index (χ4v) is 4.27. The molecule has 4 aromatic rings. The highest BCUT2D eigenvalue weighted by Gasteiger charge is 2.12. The van der Waals surface area contributed by atoms with Gasteiger partial charge in [-0.05, 0) is 68.7 Å². The van der Waals surface area contributed by atoms with Gasteiger partial charge in [-0.15, -0.1) is 0 Å². The third kappa shape index (κ3) is 3.71. The number of hydrogen-bond donors (Lipinski definition) is 0. The third-order valence-electron chi connectivity index (χ3n) is 5.84. The van der Waals surface area contributed by atoms with Gasteiger partial charge in [-0.1, -0.05) is 68.0 Å². The van der Waals surface area contributed by atoms with E-state index in [9.17, 15) is 0 Å². The largest absolute Gasteiger partial charge is 0.309 e. The fraction of sp³-hybridized carbons (Fsp3) is 0.333. The van der Waals surface area contributed by atoms with E-state index in [0.29, 0.717) is 0 Å². The Balaban J connectivity index is 1.68. The van der Waals surface area contributed by atoms with Gasteiger partial charge < -0.3 is 4.57 Å². The summed E-state index contributed by atoms with van der Waals surface area (Å²) in [6, 6.07) is 22.8. The fourth-order valence-electron chi connectivity index (χ4n) is 4.27. The van der Waals surface area contributed by atoms with Crippen molar-refractivity contribution in [2.45, 2.75) is 59.3 Å². The molecule has 0 fully saturated rings. The number of rotatable bonds is 7. The normalized spacial score (nSPS) is 11.5. The second kappa shape index (κ2) is 8.22. The van der Waals surface area contributed by atoms with Crippen molar-refractivity contribution >= 4 is 21.8 Å². The Bertz CT molecular complexity index is 1020. The Hall–Kier alpha value is -2.54. The van der Waals surface area contributed by atoms with Crippen molar-refractivity contribution in [3.63, 3.8) is 0 Å². The molecule has 0 aliphatic heterocycles. The molecule has 1 heterocycles. The summed E-state index contributed by atoms with van der Waals surface area (Å²) in [5.41, 5.74) is 7.91. The van der Waals surface area contributed by atoms with Crippen LogP contribution < -0.4 is 0 Å². The van der Waals surface area contributed by atoms with E-state index < -0.39 is 0 Å². The number of unbranched alkanes of at least 4 members (excludes halogenated alkanes) is 4. The maximum absolute atomic E-state index is 2.41. The molecule has 0 spiro atoms. The lowest BCUT2D eigenvalue weighted by Crippen LogP contribution is -1.95. The Morgan fingerprint density at radius 1 is 0.643 bits per heavy atom. The molecular weight excluding hydrogens is 338 g/mol. The topological polar surface area (TPSA) is 4.93 Å². The molecule has 0 N–H and O–H groups in total. The van der Waals surface area contributed by atoms with Crippen molar-refractivity contribution in [2.75, 3.05) is 0 Å². The highest BCUT2D eigenvalue weighted by atomic mass is 15.0. The van der Waals surface area contributed by atoms with Gasteiger partial charge >= 0.3 is 0 Å². The van der Waals surface area contributed by atoms with E-state index in [-0.39, 0.29) is 0 Å². The lowest BCUT2D eigenvalue weighted by atomic mass is 10.1. The summed E-state index contributed by atoms with van der Waals surface area (Å²) < 4.78 is 2.41. The number of aromatic nitrogens is 1. The van der Waals surface area contributed by atoms with Crippen LogP contribution in [0.1, 0.15) is 55.7 Å². The number of fused-ring (bicyclic) bond motifs is 3. The van der Waals surface area contributed by atoms with E-state index in [0.717, 1.165) is 0 Å². The maximum atomic E-state index is 2.41. The predicted molar refractivity (Wildman–Crippen MR) is 123 cm³/mol. The van der Waals surface area contributed by atoms with Crippen LogP contribution in [-0.4, -0.2) is 4.57 Å². The molecule has 1 heteroatoms. The molecule has 0 radical (unpaired) electrons. The van der Waals surface area contributed by atoms with Crippen molar-refractivity contribution in [1.82, 2.24) is 4.57 Å². The lowest BCUT2D eigenvalue weighted by Gasteiger charge is -2.09. The predicted octanol–water partition coefficient (Wildman–Crippen LogP) is 7.91. The van der Waals surface area contributed by atoms with Gasteiger partial charge in [0.05, 0.1) is 11.0 Å². The van der Waals surface area contributed by atoms with Crippen molar-refractivity contribution in [3.05, 3.63) is 77.4 Å². The van der Waals surface area contributed by atoms with Crippen molar-refractivity contribution < 1.29 is 0 Å². The molecule has 0 unspecified atom stereocenters. The second-order valence-corrected chi connectivity index (χ2v) is 8.21. The Kier molecular flexibility index (Phi) is 5.52. The summed E-state index contributed by atoms with van der Waals surface area (Å²) in [4.78, 5) is 0. The van der Waals surface area contributed by atoms with Crippen molar-refractivity contribution in [2.24, 2.45) is 0 Å². The van der Waals surface area contributed by atoms with Crippen LogP contribution in [-0.2, 0) is 6.42 Å². The molecule has 0 aliphatic carbocycles. The molecule has 0 bridgehead atoms. The highest BCUT2D eigenvalue weighted by molar-refractivity contribution is 6.09. The minimum absolute atomic E-state index is 1.19. The van der Waals surface area contributed by atoms with Gasteiger partial charge in [-0.3, -0.25) is 0 Å². The van der Waals surface area contributed by atoms with Crippen LogP contribution >= 0.6 is 0 Å². The van der Waals surface area contributed by atoms with E-state index in [1.54, 1.807) is 0 Å².